The van der Waals surface area contributed by atoms with Crippen LogP contribution >= 0.6 is 15.9 Å². The molecular weight excluding hydrogens is 280 g/mol. The standard InChI is InChI=1S/C13H13BrN2O/c1-8(2)12-9(3)15-16(13(12)17)11-6-4-10(14)5-7-11/h4-7H,1-3H3. The number of benzene rings is 1. The summed E-state index contributed by atoms with van der Waals surface area (Å²) >= 11 is 3.37. The number of hydrogen-bond donors (Lipinski definition) is 0. The first-order chi connectivity index (χ1) is 8.00. The van der Waals surface area contributed by atoms with Gasteiger partial charge in [-0.2, -0.15) is 10.1 Å². The Bertz CT molecular complexity index is 525. The zero-order valence-electron chi connectivity index (χ0n) is 9.99. The Morgan fingerprint density at radius 1 is 1.24 bits per heavy atom. The highest BCUT2D eigenvalue weighted by atomic mass is 79.9. The van der Waals surface area contributed by atoms with E-state index < -0.39 is 0 Å². The first-order valence-electron chi connectivity index (χ1n) is 5.34. The van der Waals surface area contributed by atoms with Crippen LogP contribution < -0.4 is 5.01 Å². The Morgan fingerprint density at radius 2 is 1.82 bits per heavy atom. The summed E-state index contributed by atoms with van der Waals surface area (Å²) in [5.41, 5.74) is 3.27. The van der Waals surface area contributed by atoms with Crippen molar-refractivity contribution in [2.45, 2.75) is 20.8 Å². The zero-order chi connectivity index (χ0) is 12.6. The molecule has 1 aliphatic rings. The summed E-state index contributed by atoms with van der Waals surface area (Å²) in [5, 5.41) is 5.75. The van der Waals surface area contributed by atoms with Crippen molar-refractivity contribution in [3.63, 3.8) is 0 Å². The largest absolute Gasteiger partial charge is 0.280 e. The fourth-order valence-corrected chi connectivity index (χ4v) is 2.10. The molecule has 0 saturated carbocycles. The highest BCUT2D eigenvalue weighted by Gasteiger charge is 2.29. The molecule has 0 bridgehead atoms. The molecule has 4 heteroatoms. The number of anilines is 1. The minimum atomic E-state index is -0.0511. The smallest absolute Gasteiger partial charge is 0.267 e. The summed E-state index contributed by atoms with van der Waals surface area (Å²) in [6, 6.07) is 7.53. The van der Waals surface area contributed by atoms with E-state index in [4.69, 9.17) is 0 Å². The van der Waals surface area contributed by atoms with Crippen LogP contribution in [0.1, 0.15) is 20.8 Å². The Kier molecular flexibility index (Phi) is 3.15. The number of amides is 1. The molecule has 0 spiro atoms. The van der Waals surface area contributed by atoms with E-state index in [1.54, 1.807) is 0 Å². The minimum Gasteiger partial charge on any atom is -0.267 e. The van der Waals surface area contributed by atoms with Crippen molar-refractivity contribution in [2.24, 2.45) is 5.10 Å². The number of hydrazone groups is 1. The van der Waals surface area contributed by atoms with Crippen molar-refractivity contribution in [2.75, 3.05) is 5.01 Å². The van der Waals surface area contributed by atoms with Gasteiger partial charge >= 0.3 is 0 Å². The first-order valence-corrected chi connectivity index (χ1v) is 6.13. The van der Waals surface area contributed by atoms with Gasteiger partial charge in [0, 0.05) is 4.47 Å². The van der Waals surface area contributed by atoms with E-state index >= 15 is 0 Å². The highest BCUT2D eigenvalue weighted by molar-refractivity contribution is 9.10. The van der Waals surface area contributed by atoms with Crippen LogP contribution in [-0.2, 0) is 4.79 Å². The van der Waals surface area contributed by atoms with Gasteiger partial charge in [-0.05, 0) is 45.0 Å². The number of halogens is 1. The second kappa shape index (κ2) is 4.45. The number of carbonyl (C=O) groups excluding carboxylic acids is 1. The van der Waals surface area contributed by atoms with E-state index in [1.807, 2.05) is 45.0 Å². The van der Waals surface area contributed by atoms with E-state index in [9.17, 15) is 4.79 Å². The van der Waals surface area contributed by atoms with Gasteiger partial charge in [0.25, 0.3) is 5.91 Å². The van der Waals surface area contributed by atoms with Crippen LogP contribution in [0.2, 0.25) is 0 Å². The third-order valence-electron chi connectivity index (χ3n) is 2.59. The van der Waals surface area contributed by atoms with Gasteiger partial charge in [-0.25, -0.2) is 0 Å². The zero-order valence-corrected chi connectivity index (χ0v) is 11.6. The monoisotopic (exact) mass is 292 g/mol. The number of hydrogen-bond acceptors (Lipinski definition) is 2. The lowest BCUT2D eigenvalue weighted by atomic mass is 10.1. The van der Waals surface area contributed by atoms with E-state index in [0.717, 1.165) is 21.4 Å². The van der Waals surface area contributed by atoms with E-state index in [-0.39, 0.29) is 5.91 Å². The van der Waals surface area contributed by atoms with Gasteiger partial charge in [0.05, 0.1) is 17.0 Å². The molecule has 0 unspecified atom stereocenters. The normalized spacial score (nSPS) is 15.3. The Hall–Kier alpha value is -1.42. The Labute approximate surface area is 109 Å². The first kappa shape index (κ1) is 12.0. The van der Waals surface area contributed by atoms with Crippen molar-refractivity contribution in [1.82, 2.24) is 0 Å². The third kappa shape index (κ3) is 2.17. The molecule has 0 atom stereocenters. The SMILES string of the molecule is CC1=NN(c2ccc(Br)cc2)C(=O)C1=C(C)C. The number of nitrogens with zero attached hydrogens (tertiary/aromatic N) is 2. The highest BCUT2D eigenvalue weighted by Crippen LogP contribution is 2.26. The molecular formula is C13H13BrN2O. The van der Waals surface area contributed by atoms with Gasteiger partial charge < -0.3 is 0 Å². The molecule has 1 aliphatic heterocycles. The van der Waals surface area contributed by atoms with Crippen molar-refractivity contribution < 1.29 is 4.79 Å². The molecule has 1 aromatic rings. The molecule has 0 aliphatic carbocycles. The molecule has 0 radical (unpaired) electrons. The van der Waals surface area contributed by atoms with Crippen molar-refractivity contribution in [3.05, 3.63) is 39.9 Å². The summed E-state index contributed by atoms with van der Waals surface area (Å²) in [4.78, 5) is 12.2. The predicted molar refractivity (Wildman–Crippen MR) is 73.1 cm³/mol. The van der Waals surface area contributed by atoms with Gasteiger partial charge in [-0.15, -0.1) is 0 Å². The van der Waals surface area contributed by atoms with Crippen molar-refractivity contribution in [3.8, 4) is 0 Å². The molecule has 3 nitrogen and oxygen atoms in total. The summed E-state index contributed by atoms with van der Waals surface area (Å²) in [5.74, 6) is -0.0511. The van der Waals surface area contributed by atoms with Gasteiger partial charge in [0.2, 0.25) is 0 Å². The molecule has 1 amide bonds. The lowest BCUT2D eigenvalue weighted by Crippen LogP contribution is -2.21. The summed E-state index contributed by atoms with van der Waals surface area (Å²) in [7, 11) is 0. The van der Waals surface area contributed by atoms with Crippen LogP contribution in [0.15, 0.2) is 45.0 Å². The predicted octanol–water partition coefficient (Wildman–Crippen LogP) is 3.51. The van der Waals surface area contributed by atoms with E-state index in [1.165, 1.54) is 5.01 Å². The fraction of sp³-hybridized carbons (Fsp3) is 0.231. The van der Waals surface area contributed by atoms with Crippen LogP contribution in [-0.4, -0.2) is 11.6 Å². The molecule has 1 aromatic carbocycles. The lowest BCUT2D eigenvalue weighted by Gasteiger charge is -2.11. The van der Waals surface area contributed by atoms with Gasteiger partial charge in [0.15, 0.2) is 0 Å². The second-order valence-electron chi connectivity index (χ2n) is 4.15. The number of carbonyl (C=O) groups is 1. The van der Waals surface area contributed by atoms with Crippen LogP contribution in [0, 0.1) is 0 Å². The van der Waals surface area contributed by atoms with Gasteiger partial charge in [-0.1, -0.05) is 21.5 Å². The van der Waals surface area contributed by atoms with Crippen molar-refractivity contribution in [1.29, 1.82) is 0 Å². The maximum atomic E-state index is 12.2. The topological polar surface area (TPSA) is 32.7 Å². The van der Waals surface area contributed by atoms with Gasteiger partial charge in [-0.3, -0.25) is 4.79 Å². The van der Waals surface area contributed by atoms with Gasteiger partial charge in [0.1, 0.15) is 0 Å². The van der Waals surface area contributed by atoms with Crippen molar-refractivity contribution >= 4 is 33.2 Å². The van der Waals surface area contributed by atoms with Crippen LogP contribution in [0.3, 0.4) is 0 Å². The molecule has 0 aromatic heterocycles. The second-order valence-corrected chi connectivity index (χ2v) is 5.07. The number of rotatable bonds is 1. The third-order valence-corrected chi connectivity index (χ3v) is 3.12. The van der Waals surface area contributed by atoms with Crippen LogP contribution in [0.5, 0.6) is 0 Å². The van der Waals surface area contributed by atoms with E-state index in [2.05, 4.69) is 21.0 Å². The summed E-state index contributed by atoms with van der Waals surface area (Å²) < 4.78 is 0.982. The van der Waals surface area contributed by atoms with E-state index in [0.29, 0.717) is 5.57 Å². The fourth-order valence-electron chi connectivity index (χ4n) is 1.84. The summed E-state index contributed by atoms with van der Waals surface area (Å²) in [6.07, 6.45) is 0. The molecule has 2 rings (SSSR count). The minimum absolute atomic E-state index is 0.0511. The molecule has 0 saturated heterocycles. The molecule has 0 fully saturated rings. The molecule has 0 N–H and O–H groups in total. The van der Waals surface area contributed by atoms with Crippen LogP contribution in [0.25, 0.3) is 0 Å². The summed E-state index contributed by atoms with van der Waals surface area (Å²) in [6.45, 7) is 5.72. The Balaban J connectivity index is 2.41. The quantitative estimate of drug-likeness (QED) is 0.729. The van der Waals surface area contributed by atoms with Crippen LogP contribution in [0.4, 0.5) is 5.69 Å². The molecule has 17 heavy (non-hydrogen) atoms. The molecule has 88 valence electrons. The average Bonchev–Trinajstić information content (AvgIpc) is 2.55. The lowest BCUT2D eigenvalue weighted by molar-refractivity contribution is -0.114. The average molecular weight is 293 g/mol. The maximum Gasteiger partial charge on any atom is 0.280 e. The maximum absolute atomic E-state index is 12.2. The molecule has 1 heterocycles. The number of allylic oxidation sites excluding steroid dienone is 1. The Morgan fingerprint density at radius 3 is 2.29 bits per heavy atom.